The first-order valence-corrected chi connectivity index (χ1v) is 7.13. The summed E-state index contributed by atoms with van der Waals surface area (Å²) in [6.07, 6.45) is 4.88. The monoisotopic (exact) mass is 292 g/mol. The highest BCUT2D eigenvalue weighted by molar-refractivity contribution is 6.28. The summed E-state index contributed by atoms with van der Waals surface area (Å²) in [5.74, 6) is 0.863. The van der Waals surface area contributed by atoms with E-state index in [1.165, 1.54) is 0 Å². The van der Waals surface area contributed by atoms with Gasteiger partial charge in [-0.1, -0.05) is 6.07 Å². The summed E-state index contributed by atoms with van der Waals surface area (Å²) in [6, 6.07) is 7.45. The van der Waals surface area contributed by atoms with Crippen molar-refractivity contribution < 1.29 is 9.52 Å². The largest absolute Gasteiger partial charge is 0.448 e. The molecule has 0 bridgehead atoms. The summed E-state index contributed by atoms with van der Waals surface area (Å²) in [5, 5.41) is 11.1. The molecular weight excluding hydrogens is 276 g/mol. The highest BCUT2D eigenvalue weighted by Crippen LogP contribution is 2.32. The van der Waals surface area contributed by atoms with E-state index in [9.17, 15) is 5.11 Å². The third-order valence-electron chi connectivity index (χ3n) is 3.89. The first kappa shape index (κ1) is 13.6. The molecule has 0 amide bonds. The number of nitrogens with zero attached hydrogens (tertiary/aromatic N) is 2. The Morgan fingerprint density at radius 1 is 1.30 bits per heavy atom. The minimum Gasteiger partial charge on any atom is -0.448 e. The van der Waals surface area contributed by atoms with Gasteiger partial charge < -0.3 is 9.52 Å². The fourth-order valence-corrected chi connectivity index (χ4v) is 2.83. The van der Waals surface area contributed by atoms with Crippen molar-refractivity contribution in [2.75, 3.05) is 13.1 Å². The van der Waals surface area contributed by atoms with Crippen molar-refractivity contribution in [2.45, 2.75) is 25.0 Å². The molecule has 0 spiro atoms. The second kappa shape index (κ2) is 5.56. The minimum absolute atomic E-state index is 0.420. The topological polar surface area (TPSA) is 49.5 Å². The Morgan fingerprint density at radius 2 is 2.10 bits per heavy atom. The Balaban J connectivity index is 1.62. The molecular formula is C15H17ClN2O2. The molecule has 2 aromatic heterocycles. The second-order valence-corrected chi connectivity index (χ2v) is 5.63. The Morgan fingerprint density at radius 3 is 2.70 bits per heavy atom. The lowest BCUT2D eigenvalue weighted by Crippen LogP contribution is -2.42. The van der Waals surface area contributed by atoms with Crippen molar-refractivity contribution in [3.05, 3.63) is 53.2 Å². The molecule has 20 heavy (non-hydrogen) atoms. The maximum absolute atomic E-state index is 10.7. The van der Waals surface area contributed by atoms with Gasteiger partial charge in [0.25, 0.3) is 0 Å². The molecule has 0 unspecified atom stereocenters. The molecule has 1 fully saturated rings. The summed E-state index contributed by atoms with van der Waals surface area (Å²) >= 11 is 5.77. The van der Waals surface area contributed by atoms with Crippen LogP contribution in [0.15, 0.2) is 41.1 Å². The number of aliphatic hydroxyl groups is 1. The molecule has 1 aliphatic heterocycles. The third-order valence-corrected chi connectivity index (χ3v) is 4.09. The van der Waals surface area contributed by atoms with Crippen molar-refractivity contribution in [1.29, 1.82) is 0 Å². The van der Waals surface area contributed by atoms with E-state index in [0.29, 0.717) is 18.1 Å². The van der Waals surface area contributed by atoms with Gasteiger partial charge in [0.2, 0.25) is 0 Å². The van der Waals surface area contributed by atoms with Crippen LogP contribution in [-0.4, -0.2) is 28.1 Å². The zero-order valence-corrected chi connectivity index (χ0v) is 11.9. The minimum atomic E-state index is -0.758. The van der Waals surface area contributed by atoms with Crippen molar-refractivity contribution in [1.82, 2.24) is 9.88 Å². The van der Waals surface area contributed by atoms with E-state index in [-0.39, 0.29) is 0 Å². The highest BCUT2D eigenvalue weighted by Gasteiger charge is 2.34. The highest BCUT2D eigenvalue weighted by atomic mass is 35.5. The molecule has 0 saturated carbocycles. The summed E-state index contributed by atoms with van der Waals surface area (Å²) in [4.78, 5) is 6.36. The number of halogens is 1. The molecule has 0 aromatic carbocycles. The molecule has 3 heterocycles. The molecule has 2 aromatic rings. The van der Waals surface area contributed by atoms with Crippen LogP contribution in [0.5, 0.6) is 0 Å². The van der Waals surface area contributed by atoms with Gasteiger partial charge >= 0.3 is 0 Å². The predicted molar refractivity (Wildman–Crippen MR) is 76.4 cm³/mol. The van der Waals surface area contributed by atoms with Crippen LogP contribution in [0.25, 0.3) is 0 Å². The van der Waals surface area contributed by atoms with Crippen LogP contribution in [0.2, 0.25) is 5.22 Å². The Bertz CT molecular complexity index is 562. The first-order chi connectivity index (χ1) is 9.66. The lowest BCUT2D eigenvalue weighted by atomic mass is 9.85. The average Bonchev–Trinajstić information content (AvgIpc) is 2.88. The molecule has 0 aliphatic carbocycles. The Hall–Kier alpha value is -1.36. The molecule has 1 aliphatic rings. The van der Waals surface area contributed by atoms with Gasteiger partial charge in [0, 0.05) is 31.0 Å². The van der Waals surface area contributed by atoms with E-state index < -0.39 is 5.60 Å². The van der Waals surface area contributed by atoms with Crippen LogP contribution in [0.4, 0.5) is 0 Å². The summed E-state index contributed by atoms with van der Waals surface area (Å²) in [6.45, 7) is 2.38. The fraction of sp³-hybridized carbons (Fsp3) is 0.400. The summed E-state index contributed by atoms with van der Waals surface area (Å²) in [5.41, 5.74) is 0.145. The van der Waals surface area contributed by atoms with E-state index in [2.05, 4.69) is 9.88 Å². The molecule has 4 nitrogen and oxygen atoms in total. The molecule has 1 saturated heterocycles. The van der Waals surface area contributed by atoms with Gasteiger partial charge in [-0.3, -0.25) is 9.88 Å². The van der Waals surface area contributed by atoms with E-state index in [1.54, 1.807) is 18.5 Å². The lowest BCUT2D eigenvalue weighted by molar-refractivity contribution is -0.0291. The third kappa shape index (κ3) is 2.87. The quantitative estimate of drug-likeness (QED) is 0.945. The van der Waals surface area contributed by atoms with Gasteiger partial charge in [0.15, 0.2) is 5.22 Å². The average molecular weight is 293 g/mol. The van der Waals surface area contributed by atoms with Crippen molar-refractivity contribution in [3.63, 3.8) is 0 Å². The number of hydrogen-bond acceptors (Lipinski definition) is 4. The van der Waals surface area contributed by atoms with E-state index in [0.717, 1.165) is 31.0 Å². The Kier molecular flexibility index (Phi) is 3.78. The molecule has 3 rings (SSSR count). The van der Waals surface area contributed by atoms with Gasteiger partial charge in [-0.2, -0.15) is 0 Å². The lowest BCUT2D eigenvalue weighted by Gasteiger charge is -2.38. The van der Waals surface area contributed by atoms with E-state index in [1.807, 2.05) is 18.2 Å². The van der Waals surface area contributed by atoms with Crippen LogP contribution < -0.4 is 0 Å². The van der Waals surface area contributed by atoms with Gasteiger partial charge in [0.1, 0.15) is 5.76 Å². The Labute approximate surface area is 123 Å². The van der Waals surface area contributed by atoms with Crippen molar-refractivity contribution in [2.24, 2.45) is 0 Å². The first-order valence-electron chi connectivity index (χ1n) is 6.75. The fourth-order valence-electron chi connectivity index (χ4n) is 2.66. The van der Waals surface area contributed by atoms with E-state index in [4.69, 9.17) is 16.0 Å². The smallest absolute Gasteiger partial charge is 0.193 e. The summed E-state index contributed by atoms with van der Waals surface area (Å²) < 4.78 is 5.37. The van der Waals surface area contributed by atoms with E-state index >= 15 is 0 Å². The van der Waals surface area contributed by atoms with Crippen LogP contribution in [0.1, 0.15) is 24.2 Å². The molecule has 5 heteroatoms. The number of piperidine rings is 1. The molecule has 1 N–H and O–H groups in total. The van der Waals surface area contributed by atoms with Gasteiger partial charge in [-0.15, -0.1) is 0 Å². The van der Waals surface area contributed by atoms with Crippen molar-refractivity contribution >= 4 is 11.6 Å². The predicted octanol–water partition coefficient (Wildman–Crippen LogP) is 2.81. The summed E-state index contributed by atoms with van der Waals surface area (Å²) in [7, 11) is 0. The maximum atomic E-state index is 10.7. The van der Waals surface area contributed by atoms with Crippen LogP contribution in [0.3, 0.4) is 0 Å². The van der Waals surface area contributed by atoms with Crippen LogP contribution in [-0.2, 0) is 12.1 Å². The van der Waals surface area contributed by atoms with Crippen molar-refractivity contribution in [3.8, 4) is 0 Å². The van der Waals surface area contributed by atoms with Crippen LogP contribution in [0, 0.1) is 0 Å². The normalized spacial score (nSPS) is 19.1. The standard InChI is InChI=1S/C15H17ClN2O2/c16-14-4-3-13(20-14)11-18-8-5-15(19,6-9-18)12-2-1-7-17-10-12/h1-4,7,10,19H,5-6,8-9,11H2. The maximum Gasteiger partial charge on any atom is 0.193 e. The number of likely N-dealkylation sites (tertiary alicyclic amines) is 1. The van der Waals surface area contributed by atoms with Crippen LogP contribution >= 0.6 is 11.6 Å². The number of rotatable bonds is 3. The number of pyridine rings is 1. The molecule has 0 radical (unpaired) electrons. The van der Waals surface area contributed by atoms with Gasteiger partial charge in [-0.25, -0.2) is 0 Å². The second-order valence-electron chi connectivity index (χ2n) is 5.26. The number of furan rings is 1. The molecule has 0 atom stereocenters. The van der Waals surface area contributed by atoms with Gasteiger partial charge in [0.05, 0.1) is 12.1 Å². The zero-order chi connectivity index (χ0) is 14.0. The number of aromatic nitrogens is 1. The SMILES string of the molecule is OC1(c2cccnc2)CCN(Cc2ccc(Cl)o2)CC1. The molecule has 106 valence electrons. The zero-order valence-electron chi connectivity index (χ0n) is 11.1. The number of hydrogen-bond donors (Lipinski definition) is 1. The van der Waals surface area contributed by atoms with Gasteiger partial charge in [-0.05, 0) is 42.6 Å².